The summed E-state index contributed by atoms with van der Waals surface area (Å²) < 4.78 is 5.07. The zero-order valence-corrected chi connectivity index (χ0v) is 22.8. The number of rotatable bonds is 26. The third kappa shape index (κ3) is 23.7. The van der Waals surface area contributed by atoms with E-state index in [1.807, 2.05) is 0 Å². The molecule has 0 spiro atoms. The molecule has 0 radical (unpaired) electrons. The standard InChI is InChI=1S/C28H55N3O4/c1-3-5-6-7-8-9-10-11-12-13-14-15-16-17-18-20-24-30-28(34)31-26(27(33)35-4-2)22-19-21-23-29-25-32/h25-26H,3-24H2,1-2H3,(H,29,32)(H2,30,31,34). The Morgan fingerprint density at radius 1 is 0.686 bits per heavy atom. The Labute approximate surface area is 215 Å². The molecule has 1 atom stereocenters. The lowest BCUT2D eigenvalue weighted by molar-refractivity contribution is -0.145. The van der Waals surface area contributed by atoms with Crippen molar-refractivity contribution in [2.75, 3.05) is 19.7 Å². The first-order valence-corrected chi connectivity index (χ1v) is 14.5. The molecule has 3 N–H and O–H groups in total. The molecule has 0 bridgehead atoms. The molecule has 0 saturated carbocycles. The molecule has 0 heterocycles. The highest BCUT2D eigenvalue weighted by atomic mass is 16.5. The van der Waals surface area contributed by atoms with E-state index in [2.05, 4.69) is 22.9 Å². The first kappa shape index (κ1) is 33.2. The molecule has 7 heteroatoms. The minimum Gasteiger partial charge on any atom is -0.464 e. The van der Waals surface area contributed by atoms with Crippen LogP contribution in [0, 0.1) is 0 Å². The Morgan fingerprint density at radius 2 is 1.17 bits per heavy atom. The number of ether oxygens (including phenoxy) is 1. The predicted molar refractivity (Wildman–Crippen MR) is 144 cm³/mol. The van der Waals surface area contributed by atoms with Crippen LogP contribution in [0.15, 0.2) is 0 Å². The van der Waals surface area contributed by atoms with Crippen LogP contribution in [0.4, 0.5) is 4.79 Å². The summed E-state index contributed by atoms with van der Waals surface area (Å²) in [5.41, 5.74) is 0. The highest BCUT2D eigenvalue weighted by molar-refractivity contribution is 5.83. The van der Waals surface area contributed by atoms with Crippen molar-refractivity contribution >= 4 is 18.4 Å². The lowest BCUT2D eigenvalue weighted by atomic mass is 10.0. The van der Waals surface area contributed by atoms with E-state index in [-0.39, 0.29) is 12.6 Å². The smallest absolute Gasteiger partial charge is 0.328 e. The number of hydrogen-bond donors (Lipinski definition) is 3. The molecule has 206 valence electrons. The van der Waals surface area contributed by atoms with Crippen LogP contribution in [-0.4, -0.2) is 44.1 Å². The lowest BCUT2D eigenvalue weighted by Crippen LogP contribution is -2.47. The van der Waals surface area contributed by atoms with Crippen LogP contribution in [0.1, 0.15) is 136 Å². The molecular weight excluding hydrogens is 442 g/mol. The summed E-state index contributed by atoms with van der Waals surface area (Å²) in [7, 11) is 0. The zero-order chi connectivity index (χ0) is 25.8. The van der Waals surface area contributed by atoms with Crippen molar-refractivity contribution in [2.24, 2.45) is 0 Å². The van der Waals surface area contributed by atoms with Gasteiger partial charge in [0.2, 0.25) is 6.41 Å². The fourth-order valence-corrected chi connectivity index (χ4v) is 4.21. The molecule has 0 rings (SSSR count). The molecule has 0 saturated heterocycles. The molecule has 0 aromatic carbocycles. The molecule has 0 aliphatic carbocycles. The van der Waals surface area contributed by atoms with Crippen LogP contribution < -0.4 is 16.0 Å². The van der Waals surface area contributed by atoms with Gasteiger partial charge in [0.15, 0.2) is 0 Å². The first-order chi connectivity index (χ1) is 17.2. The average molecular weight is 498 g/mol. The molecule has 35 heavy (non-hydrogen) atoms. The van der Waals surface area contributed by atoms with Gasteiger partial charge in [-0.2, -0.15) is 0 Å². The number of carbonyl (C=O) groups is 3. The number of unbranched alkanes of at least 4 members (excludes halogenated alkanes) is 16. The molecule has 0 aromatic heterocycles. The maximum absolute atomic E-state index is 12.2. The van der Waals surface area contributed by atoms with Crippen molar-refractivity contribution in [1.82, 2.24) is 16.0 Å². The topological polar surface area (TPSA) is 96.5 Å². The predicted octanol–water partition coefficient (Wildman–Crippen LogP) is 6.40. The summed E-state index contributed by atoms with van der Waals surface area (Å²) >= 11 is 0. The Bertz CT molecular complexity index is 503. The molecule has 0 aliphatic heterocycles. The average Bonchev–Trinajstić information content (AvgIpc) is 2.85. The summed E-state index contributed by atoms with van der Waals surface area (Å²) in [6, 6.07) is -0.980. The van der Waals surface area contributed by atoms with E-state index in [0.29, 0.717) is 32.3 Å². The van der Waals surface area contributed by atoms with Crippen LogP contribution >= 0.6 is 0 Å². The van der Waals surface area contributed by atoms with E-state index in [9.17, 15) is 14.4 Å². The van der Waals surface area contributed by atoms with Crippen LogP contribution in [0.2, 0.25) is 0 Å². The Balaban J connectivity index is 3.62. The van der Waals surface area contributed by atoms with Gasteiger partial charge < -0.3 is 20.7 Å². The molecular formula is C28H55N3O4. The Morgan fingerprint density at radius 3 is 1.66 bits per heavy atom. The Hall–Kier alpha value is -1.79. The van der Waals surface area contributed by atoms with Crippen molar-refractivity contribution in [3.63, 3.8) is 0 Å². The van der Waals surface area contributed by atoms with Gasteiger partial charge in [-0.25, -0.2) is 9.59 Å². The van der Waals surface area contributed by atoms with Crippen molar-refractivity contribution in [1.29, 1.82) is 0 Å². The molecule has 0 aromatic rings. The van der Waals surface area contributed by atoms with E-state index < -0.39 is 12.0 Å². The van der Waals surface area contributed by atoms with Crippen molar-refractivity contribution in [3.05, 3.63) is 0 Å². The Kier molecular flexibility index (Phi) is 25.4. The van der Waals surface area contributed by atoms with E-state index >= 15 is 0 Å². The second-order valence-corrected chi connectivity index (χ2v) is 9.58. The summed E-state index contributed by atoms with van der Waals surface area (Å²) in [6.45, 7) is 5.48. The largest absolute Gasteiger partial charge is 0.464 e. The first-order valence-electron chi connectivity index (χ1n) is 14.5. The van der Waals surface area contributed by atoms with E-state index in [4.69, 9.17) is 4.74 Å². The van der Waals surface area contributed by atoms with Gasteiger partial charge in [-0.1, -0.05) is 103 Å². The van der Waals surface area contributed by atoms with Crippen LogP contribution in [-0.2, 0) is 14.3 Å². The minimum atomic E-state index is -0.656. The van der Waals surface area contributed by atoms with Gasteiger partial charge in [0.1, 0.15) is 6.04 Å². The fourth-order valence-electron chi connectivity index (χ4n) is 4.21. The highest BCUT2D eigenvalue weighted by Gasteiger charge is 2.21. The van der Waals surface area contributed by atoms with E-state index in [1.165, 1.54) is 89.9 Å². The molecule has 3 amide bonds. The number of nitrogens with one attached hydrogen (secondary N) is 3. The molecule has 0 aliphatic rings. The quantitative estimate of drug-likeness (QED) is 0.0732. The fraction of sp³-hybridized carbons (Fsp3) is 0.893. The number of urea groups is 1. The number of carbonyl (C=O) groups excluding carboxylic acids is 3. The van der Waals surface area contributed by atoms with Crippen LogP contribution in [0.3, 0.4) is 0 Å². The van der Waals surface area contributed by atoms with Gasteiger partial charge in [0, 0.05) is 13.1 Å². The minimum absolute atomic E-state index is 0.282. The molecule has 0 fully saturated rings. The van der Waals surface area contributed by atoms with E-state index in [0.717, 1.165) is 19.3 Å². The third-order valence-electron chi connectivity index (χ3n) is 6.34. The third-order valence-corrected chi connectivity index (χ3v) is 6.34. The van der Waals surface area contributed by atoms with Crippen molar-refractivity contribution in [2.45, 2.75) is 142 Å². The SMILES string of the molecule is CCCCCCCCCCCCCCCCCCNC(=O)NC(CCCCNC=O)C(=O)OCC. The highest BCUT2D eigenvalue weighted by Crippen LogP contribution is 2.13. The van der Waals surface area contributed by atoms with Crippen molar-refractivity contribution in [3.8, 4) is 0 Å². The second-order valence-electron chi connectivity index (χ2n) is 9.58. The van der Waals surface area contributed by atoms with Gasteiger partial charge >= 0.3 is 12.0 Å². The number of esters is 1. The van der Waals surface area contributed by atoms with Gasteiger partial charge in [0.05, 0.1) is 6.61 Å². The second kappa shape index (κ2) is 26.8. The van der Waals surface area contributed by atoms with Crippen LogP contribution in [0.5, 0.6) is 0 Å². The number of amides is 3. The summed E-state index contributed by atoms with van der Waals surface area (Å²) in [4.78, 5) is 34.5. The summed E-state index contributed by atoms with van der Waals surface area (Å²) in [5.74, 6) is -0.409. The van der Waals surface area contributed by atoms with Gasteiger partial charge in [-0.05, 0) is 32.6 Å². The lowest BCUT2D eigenvalue weighted by Gasteiger charge is -2.17. The van der Waals surface area contributed by atoms with Gasteiger partial charge in [-0.15, -0.1) is 0 Å². The maximum atomic E-state index is 12.2. The number of hydrogen-bond acceptors (Lipinski definition) is 4. The van der Waals surface area contributed by atoms with Crippen LogP contribution in [0.25, 0.3) is 0 Å². The summed E-state index contributed by atoms with van der Waals surface area (Å²) in [5, 5.41) is 8.18. The monoisotopic (exact) mass is 497 g/mol. The molecule has 1 unspecified atom stereocenters. The van der Waals surface area contributed by atoms with Crippen molar-refractivity contribution < 1.29 is 19.1 Å². The van der Waals surface area contributed by atoms with Gasteiger partial charge in [-0.3, -0.25) is 4.79 Å². The van der Waals surface area contributed by atoms with Gasteiger partial charge in [0.25, 0.3) is 0 Å². The normalized spacial score (nSPS) is 11.6. The summed E-state index contributed by atoms with van der Waals surface area (Å²) in [6.07, 6.45) is 23.8. The maximum Gasteiger partial charge on any atom is 0.328 e. The molecule has 7 nitrogen and oxygen atoms in total. The zero-order valence-electron chi connectivity index (χ0n) is 22.8. The van der Waals surface area contributed by atoms with E-state index in [1.54, 1.807) is 6.92 Å².